The predicted octanol–water partition coefficient (Wildman–Crippen LogP) is 1.36. The van der Waals surface area contributed by atoms with Crippen LogP contribution in [0.25, 0.3) is 0 Å². The molecule has 2 saturated heterocycles. The number of nitrogens with zero attached hydrogens (tertiary/aromatic N) is 3. The third-order valence-electron chi connectivity index (χ3n) is 5.19. The minimum atomic E-state index is -3.31. The van der Waals surface area contributed by atoms with E-state index in [0.29, 0.717) is 31.3 Å². The van der Waals surface area contributed by atoms with Gasteiger partial charge < -0.3 is 5.32 Å². The monoisotopic (exact) mass is 404 g/mol. The van der Waals surface area contributed by atoms with Crippen LogP contribution in [0.5, 0.6) is 0 Å². The number of unbranched alkanes of at least 4 members (excludes halogenated alkanes) is 3. The summed E-state index contributed by atoms with van der Waals surface area (Å²) in [4.78, 5) is 14.6. The van der Waals surface area contributed by atoms with Gasteiger partial charge in [0.1, 0.15) is 10.9 Å². The molecule has 1 N–H and O–H groups in total. The highest BCUT2D eigenvalue weighted by Gasteiger charge is 2.53. The van der Waals surface area contributed by atoms with Gasteiger partial charge in [-0.05, 0) is 32.5 Å². The summed E-state index contributed by atoms with van der Waals surface area (Å²) < 4.78 is 25.2. The molecule has 2 rings (SSSR count). The number of nitrogens with one attached hydrogen (secondary N) is 1. The summed E-state index contributed by atoms with van der Waals surface area (Å²) in [6.45, 7) is 9.55. The number of carbonyl (C=O) groups excluding carboxylic acids is 1. The first kappa shape index (κ1) is 21.5. The number of hydrogen-bond donors (Lipinski definition) is 1. The summed E-state index contributed by atoms with van der Waals surface area (Å²) in [5.74, 6) is 0.0103. The van der Waals surface area contributed by atoms with Gasteiger partial charge in [-0.2, -0.15) is 5.01 Å². The van der Waals surface area contributed by atoms with Crippen LogP contribution in [-0.2, 0) is 14.6 Å². The zero-order chi connectivity index (χ0) is 19.5. The van der Waals surface area contributed by atoms with E-state index in [1.54, 1.807) is 21.8 Å². The Balaban J connectivity index is 2.26. The van der Waals surface area contributed by atoms with E-state index in [1.807, 2.05) is 13.8 Å². The number of piperazine rings is 1. The summed E-state index contributed by atoms with van der Waals surface area (Å²) in [5.41, 5.74) is -0.874. The summed E-state index contributed by atoms with van der Waals surface area (Å²) in [6, 6.07) is 0. The van der Waals surface area contributed by atoms with Gasteiger partial charge in [-0.1, -0.05) is 33.1 Å². The lowest BCUT2D eigenvalue weighted by Crippen LogP contribution is -2.65. The van der Waals surface area contributed by atoms with Crippen LogP contribution in [0.1, 0.15) is 53.4 Å². The van der Waals surface area contributed by atoms with Gasteiger partial charge in [0.2, 0.25) is 0 Å². The number of hydrazine groups is 1. The fraction of sp³-hybridized carbons (Fsp3) is 0.882. The predicted molar refractivity (Wildman–Crippen MR) is 107 cm³/mol. The van der Waals surface area contributed by atoms with Gasteiger partial charge in [0.25, 0.3) is 5.91 Å². The third kappa shape index (κ3) is 4.05. The molecule has 2 aliphatic heterocycles. The van der Waals surface area contributed by atoms with E-state index in [1.165, 1.54) is 0 Å². The molecule has 1 unspecified atom stereocenters. The van der Waals surface area contributed by atoms with Crippen LogP contribution >= 0.6 is 12.2 Å². The van der Waals surface area contributed by atoms with Gasteiger partial charge in [0.05, 0.1) is 0 Å². The quantitative estimate of drug-likeness (QED) is 0.484. The van der Waals surface area contributed by atoms with Crippen LogP contribution in [0.2, 0.25) is 0 Å². The second-order valence-electron chi connectivity index (χ2n) is 7.44. The third-order valence-corrected chi connectivity index (χ3v) is 7.63. The average molecular weight is 405 g/mol. The number of thiocarbonyl (C=S) groups is 1. The topological polar surface area (TPSA) is 73.0 Å². The first-order valence-corrected chi connectivity index (χ1v) is 11.7. The molecule has 0 aromatic carbocycles. The molecule has 150 valence electrons. The Morgan fingerprint density at radius 1 is 1.23 bits per heavy atom. The summed E-state index contributed by atoms with van der Waals surface area (Å²) >= 11 is 5.63. The molecule has 0 radical (unpaired) electrons. The van der Waals surface area contributed by atoms with Gasteiger partial charge in [-0.15, -0.1) is 0 Å². The number of sulfone groups is 1. The lowest BCUT2D eigenvalue weighted by Gasteiger charge is -2.45. The van der Waals surface area contributed by atoms with Crippen molar-refractivity contribution >= 4 is 33.1 Å². The molecular formula is C17H32N4O3S2. The molecule has 0 spiro atoms. The molecular weight excluding hydrogens is 372 g/mol. The van der Waals surface area contributed by atoms with Gasteiger partial charge in [-0.25, -0.2) is 8.42 Å². The van der Waals surface area contributed by atoms with Gasteiger partial charge in [-0.3, -0.25) is 14.7 Å². The summed E-state index contributed by atoms with van der Waals surface area (Å²) in [6.07, 6.45) is 4.23. The first-order valence-electron chi connectivity index (χ1n) is 9.53. The first-order chi connectivity index (χ1) is 12.2. The van der Waals surface area contributed by atoms with E-state index in [4.69, 9.17) is 12.2 Å². The molecule has 7 nitrogen and oxygen atoms in total. The van der Waals surface area contributed by atoms with Crippen LogP contribution in [0.4, 0.5) is 0 Å². The maximum Gasteiger partial charge on any atom is 0.255 e. The molecule has 0 bridgehead atoms. The smallest absolute Gasteiger partial charge is 0.255 e. The lowest BCUT2D eigenvalue weighted by atomic mass is 10.1. The minimum absolute atomic E-state index is 0.0508. The van der Waals surface area contributed by atoms with Crippen molar-refractivity contribution in [2.75, 3.05) is 31.9 Å². The van der Waals surface area contributed by atoms with Crippen molar-refractivity contribution in [3.8, 4) is 0 Å². The Hall–Kier alpha value is -0.770. The standard InChI is InChI=1S/C17H32N4O3S2/c1-5-7-8-9-11-19-15(22)17(3,4)21(16(19)25)20-12-10-18-13-14(20)26(23,24)6-2/h14,18H,5-13H2,1-4H3. The second-order valence-corrected chi connectivity index (χ2v) is 10.3. The molecule has 2 aliphatic rings. The molecule has 0 saturated carbocycles. The summed E-state index contributed by atoms with van der Waals surface area (Å²) in [5, 5.41) is 6.42. The minimum Gasteiger partial charge on any atom is -0.313 e. The highest BCUT2D eigenvalue weighted by molar-refractivity contribution is 7.91. The Morgan fingerprint density at radius 2 is 1.92 bits per heavy atom. The van der Waals surface area contributed by atoms with Crippen LogP contribution in [0.3, 0.4) is 0 Å². The van der Waals surface area contributed by atoms with Crippen molar-refractivity contribution in [1.82, 2.24) is 20.2 Å². The van der Waals surface area contributed by atoms with E-state index >= 15 is 0 Å². The van der Waals surface area contributed by atoms with Crippen LogP contribution < -0.4 is 5.32 Å². The maximum atomic E-state index is 13.0. The van der Waals surface area contributed by atoms with Gasteiger partial charge in [0, 0.05) is 31.9 Å². The summed E-state index contributed by atoms with van der Waals surface area (Å²) in [7, 11) is -3.31. The fourth-order valence-corrected chi connectivity index (χ4v) is 5.42. The van der Waals surface area contributed by atoms with E-state index in [0.717, 1.165) is 25.7 Å². The second kappa shape index (κ2) is 8.50. The van der Waals surface area contributed by atoms with Crippen molar-refractivity contribution in [3.63, 3.8) is 0 Å². The molecule has 9 heteroatoms. The number of hydrogen-bond acceptors (Lipinski definition) is 6. The van der Waals surface area contributed by atoms with Crippen LogP contribution in [-0.4, -0.2) is 77.2 Å². The van der Waals surface area contributed by atoms with Gasteiger partial charge in [0.15, 0.2) is 14.9 Å². The molecule has 0 aromatic heterocycles. The van der Waals surface area contributed by atoms with Crippen molar-refractivity contribution < 1.29 is 13.2 Å². The fourth-order valence-electron chi connectivity index (χ4n) is 3.59. The molecule has 0 aliphatic carbocycles. The highest BCUT2D eigenvalue weighted by Crippen LogP contribution is 2.32. The number of carbonyl (C=O) groups is 1. The molecule has 1 atom stereocenters. The SMILES string of the molecule is CCCCCCN1C(=O)C(C)(C)N(N2CCNCC2S(=O)(=O)CC)C1=S. The molecule has 2 fully saturated rings. The van der Waals surface area contributed by atoms with Crippen molar-refractivity contribution in [3.05, 3.63) is 0 Å². The Kier molecular flexibility index (Phi) is 7.04. The van der Waals surface area contributed by atoms with Crippen LogP contribution in [0, 0.1) is 0 Å². The highest BCUT2D eigenvalue weighted by atomic mass is 32.2. The van der Waals surface area contributed by atoms with E-state index < -0.39 is 20.8 Å². The molecule has 0 aromatic rings. The Labute approximate surface area is 163 Å². The van der Waals surface area contributed by atoms with E-state index in [9.17, 15) is 13.2 Å². The van der Waals surface area contributed by atoms with Crippen molar-refractivity contribution in [1.29, 1.82) is 0 Å². The number of rotatable bonds is 8. The van der Waals surface area contributed by atoms with Crippen molar-refractivity contribution in [2.24, 2.45) is 0 Å². The Bertz CT molecular complexity index is 636. The molecule has 1 amide bonds. The van der Waals surface area contributed by atoms with Gasteiger partial charge >= 0.3 is 0 Å². The Morgan fingerprint density at radius 3 is 2.54 bits per heavy atom. The molecule has 2 heterocycles. The van der Waals surface area contributed by atoms with Crippen molar-refractivity contribution in [2.45, 2.75) is 64.3 Å². The largest absolute Gasteiger partial charge is 0.313 e. The van der Waals surface area contributed by atoms with Crippen LogP contribution in [0.15, 0.2) is 0 Å². The average Bonchev–Trinajstić information content (AvgIpc) is 2.77. The zero-order valence-corrected chi connectivity index (χ0v) is 18.0. The lowest BCUT2D eigenvalue weighted by molar-refractivity contribution is -0.137. The van der Waals surface area contributed by atoms with E-state index in [2.05, 4.69) is 12.2 Å². The zero-order valence-electron chi connectivity index (χ0n) is 16.3. The van der Waals surface area contributed by atoms with E-state index in [-0.39, 0.29) is 11.7 Å². The number of amides is 1. The maximum absolute atomic E-state index is 13.0. The normalized spacial score (nSPS) is 24.5. The molecule has 26 heavy (non-hydrogen) atoms.